The van der Waals surface area contributed by atoms with Gasteiger partial charge >= 0.3 is 0 Å². The highest BCUT2D eigenvalue weighted by Gasteiger charge is 2.30. The summed E-state index contributed by atoms with van der Waals surface area (Å²) in [5.74, 6) is 2.12. The van der Waals surface area contributed by atoms with Gasteiger partial charge in [0.2, 0.25) is 0 Å². The van der Waals surface area contributed by atoms with E-state index < -0.39 is 0 Å². The molecule has 9 nitrogen and oxygen atoms in total. The average molecular weight is 385 g/mol. The van der Waals surface area contributed by atoms with Gasteiger partial charge in [-0.15, -0.1) is 10.2 Å². The van der Waals surface area contributed by atoms with E-state index in [1.54, 1.807) is 6.20 Å². The Hall–Kier alpha value is -2.39. The molecule has 9 heteroatoms. The van der Waals surface area contributed by atoms with Crippen LogP contribution in [0.1, 0.15) is 46.5 Å². The monoisotopic (exact) mass is 385 g/mol. The lowest BCUT2D eigenvalue weighted by molar-refractivity contribution is 0.0326. The van der Waals surface area contributed by atoms with E-state index in [1.165, 1.54) is 6.33 Å². The van der Waals surface area contributed by atoms with Crippen molar-refractivity contribution in [3.63, 3.8) is 0 Å². The van der Waals surface area contributed by atoms with E-state index in [0.717, 1.165) is 63.9 Å². The Morgan fingerprint density at radius 1 is 1.25 bits per heavy atom. The molecule has 0 aliphatic carbocycles. The number of ether oxygens (including phenoxy) is 1. The topological polar surface area (TPSA) is 89.3 Å². The molecule has 0 saturated carbocycles. The molecule has 2 aromatic heterocycles. The van der Waals surface area contributed by atoms with Gasteiger partial charge in [0.25, 0.3) is 5.91 Å². The van der Waals surface area contributed by atoms with Crippen molar-refractivity contribution in [2.45, 2.75) is 32.2 Å². The summed E-state index contributed by atoms with van der Waals surface area (Å²) in [5.41, 5.74) is 1.29. The van der Waals surface area contributed by atoms with Gasteiger partial charge in [-0.25, -0.2) is 9.97 Å². The lowest BCUT2D eigenvalue weighted by Gasteiger charge is -2.32. The van der Waals surface area contributed by atoms with Crippen molar-refractivity contribution in [3.8, 4) is 0 Å². The highest BCUT2D eigenvalue weighted by molar-refractivity contribution is 5.95. The molecule has 2 fully saturated rings. The van der Waals surface area contributed by atoms with Crippen LogP contribution in [0.25, 0.3) is 0 Å². The van der Waals surface area contributed by atoms with E-state index in [4.69, 9.17) is 4.74 Å². The summed E-state index contributed by atoms with van der Waals surface area (Å²) in [7, 11) is 2.03. The number of aromatic nitrogens is 5. The van der Waals surface area contributed by atoms with Crippen molar-refractivity contribution in [2.75, 3.05) is 39.4 Å². The van der Waals surface area contributed by atoms with Gasteiger partial charge < -0.3 is 14.2 Å². The third-order valence-corrected chi connectivity index (χ3v) is 5.68. The molecule has 0 aromatic carbocycles. The number of nitrogens with zero attached hydrogens (tertiary/aromatic N) is 7. The van der Waals surface area contributed by atoms with Crippen molar-refractivity contribution in [2.24, 2.45) is 7.05 Å². The zero-order valence-electron chi connectivity index (χ0n) is 16.5. The number of rotatable bonds is 4. The SMILES string of the molecule is Cc1ncncc1C(=O)N1CCCC(c2nnc(CN3CCOCC3)n2C)C1. The summed E-state index contributed by atoms with van der Waals surface area (Å²) < 4.78 is 7.52. The highest BCUT2D eigenvalue weighted by Crippen LogP contribution is 2.27. The molecule has 4 heterocycles. The van der Waals surface area contributed by atoms with Crippen LogP contribution in [-0.2, 0) is 18.3 Å². The molecule has 28 heavy (non-hydrogen) atoms. The molecule has 0 bridgehead atoms. The van der Waals surface area contributed by atoms with E-state index >= 15 is 0 Å². The van der Waals surface area contributed by atoms with Crippen LogP contribution in [0.15, 0.2) is 12.5 Å². The Kier molecular flexibility index (Phi) is 5.63. The van der Waals surface area contributed by atoms with Crippen LogP contribution in [0.3, 0.4) is 0 Å². The first-order chi connectivity index (χ1) is 13.6. The zero-order valence-corrected chi connectivity index (χ0v) is 16.5. The van der Waals surface area contributed by atoms with E-state index in [-0.39, 0.29) is 11.8 Å². The third-order valence-electron chi connectivity index (χ3n) is 5.68. The van der Waals surface area contributed by atoms with E-state index in [9.17, 15) is 4.79 Å². The first kappa shape index (κ1) is 18.9. The summed E-state index contributed by atoms with van der Waals surface area (Å²) in [5, 5.41) is 8.92. The lowest BCUT2D eigenvalue weighted by Crippen LogP contribution is -2.40. The molecule has 1 amide bonds. The predicted molar refractivity (Wildman–Crippen MR) is 102 cm³/mol. The first-order valence-electron chi connectivity index (χ1n) is 9.87. The van der Waals surface area contributed by atoms with E-state index in [0.29, 0.717) is 17.8 Å². The number of hydrogen-bond donors (Lipinski definition) is 0. The van der Waals surface area contributed by atoms with Crippen molar-refractivity contribution in [3.05, 3.63) is 35.4 Å². The molecule has 4 rings (SSSR count). The fraction of sp³-hybridized carbons (Fsp3) is 0.632. The number of hydrogen-bond acceptors (Lipinski definition) is 7. The summed E-state index contributed by atoms with van der Waals surface area (Å²) >= 11 is 0. The van der Waals surface area contributed by atoms with Gasteiger partial charge in [0.15, 0.2) is 0 Å². The van der Waals surface area contributed by atoms with Crippen molar-refractivity contribution < 1.29 is 9.53 Å². The van der Waals surface area contributed by atoms with Gasteiger partial charge in [-0.1, -0.05) is 0 Å². The Morgan fingerprint density at radius 3 is 2.86 bits per heavy atom. The average Bonchev–Trinajstić information content (AvgIpc) is 3.09. The minimum atomic E-state index is -0.00138. The molecular weight excluding hydrogens is 358 g/mol. The van der Waals surface area contributed by atoms with Gasteiger partial charge in [0.05, 0.1) is 31.0 Å². The maximum Gasteiger partial charge on any atom is 0.257 e. The normalized spacial score (nSPS) is 21.1. The highest BCUT2D eigenvalue weighted by atomic mass is 16.5. The second kappa shape index (κ2) is 8.32. The van der Waals surface area contributed by atoms with Crippen LogP contribution < -0.4 is 0 Å². The van der Waals surface area contributed by atoms with Crippen LogP contribution in [0, 0.1) is 6.92 Å². The number of amides is 1. The second-order valence-corrected chi connectivity index (χ2v) is 7.53. The zero-order chi connectivity index (χ0) is 19.5. The Bertz CT molecular complexity index is 831. The van der Waals surface area contributed by atoms with Gasteiger partial charge in [-0.05, 0) is 19.8 Å². The molecule has 0 spiro atoms. The Labute approximate surface area is 164 Å². The molecule has 0 N–H and O–H groups in total. The summed E-state index contributed by atoms with van der Waals surface area (Å²) in [6.45, 7) is 7.41. The fourth-order valence-corrected chi connectivity index (χ4v) is 3.97. The van der Waals surface area contributed by atoms with Gasteiger partial charge in [0, 0.05) is 45.3 Å². The quantitative estimate of drug-likeness (QED) is 0.768. The lowest BCUT2D eigenvalue weighted by atomic mass is 9.96. The molecule has 1 atom stereocenters. The summed E-state index contributed by atoms with van der Waals surface area (Å²) in [6.07, 6.45) is 5.05. The maximum absolute atomic E-state index is 12.9. The fourth-order valence-electron chi connectivity index (χ4n) is 3.97. The largest absolute Gasteiger partial charge is 0.379 e. The maximum atomic E-state index is 12.9. The molecule has 1 unspecified atom stereocenters. The summed E-state index contributed by atoms with van der Waals surface area (Å²) in [6, 6.07) is 0. The molecular formula is C19H27N7O2. The molecule has 2 aliphatic heterocycles. The van der Waals surface area contributed by atoms with Gasteiger partial charge in [-0.2, -0.15) is 0 Å². The Morgan fingerprint density at radius 2 is 2.07 bits per heavy atom. The third kappa shape index (κ3) is 3.90. The van der Waals surface area contributed by atoms with Crippen molar-refractivity contribution in [1.82, 2.24) is 34.5 Å². The van der Waals surface area contributed by atoms with Crippen molar-refractivity contribution in [1.29, 1.82) is 0 Å². The molecule has 150 valence electrons. The minimum Gasteiger partial charge on any atom is -0.379 e. The molecule has 2 aromatic rings. The number of carbonyl (C=O) groups excluding carboxylic acids is 1. The second-order valence-electron chi connectivity index (χ2n) is 7.53. The van der Waals surface area contributed by atoms with E-state index in [1.807, 2.05) is 18.9 Å². The summed E-state index contributed by atoms with van der Waals surface area (Å²) in [4.78, 5) is 25.3. The van der Waals surface area contributed by atoms with Gasteiger partial charge in [0.1, 0.15) is 18.0 Å². The number of piperidine rings is 1. The van der Waals surface area contributed by atoms with E-state index in [2.05, 4.69) is 29.6 Å². The molecule has 2 aliphatic rings. The first-order valence-corrected chi connectivity index (χ1v) is 9.87. The minimum absolute atomic E-state index is 0.00138. The smallest absolute Gasteiger partial charge is 0.257 e. The molecule has 2 saturated heterocycles. The van der Waals surface area contributed by atoms with Crippen LogP contribution in [0.5, 0.6) is 0 Å². The van der Waals surface area contributed by atoms with Crippen LogP contribution in [0.4, 0.5) is 0 Å². The van der Waals surface area contributed by atoms with Crippen molar-refractivity contribution >= 4 is 5.91 Å². The van der Waals surface area contributed by atoms with Crippen LogP contribution in [-0.4, -0.2) is 79.8 Å². The predicted octanol–water partition coefficient (Wildman–Crippen LogP) is 0.766. The number of carbonyl (C=O) groups is 1. The van der Waals surface area contributed by atoms with Crippen LogP contribution >= 0.6 is 0 Å². The number of morpholine rings is 1. The number of aryl methyl sites for hydroxylation is 1. The van der Waals surface area contributed by atoms with Crippen LogP contribution in [0.2, 0.25) is 0 Å². The number of likely N-dealkylation sites (tertiary alicyclic amines) is 1. The Balaban J connectivity index is 1.46. The standard InChI is InChI=1S/C19H27N7O2/c1-14-16(10-20-13-21-14)19(27)26-5-3-4-15(11-26)18-23-22-17(24(18)2)12-25-6-8-28-9-7-25/h10,13,15H,3-9,11-12H2,1-2H3. The van der Waals surface area contributed by atoms with Gasteiger partial charge in [-0.3, -0.25) is 9.69 Å². The molecule has 0 radical (unpaired) electrons.